The van der Waals surface area contributed by atoms with E-state index in [1.807, 2.05) is 16.8 Å². The van der Waals surface area contributed by atoms with Crippen molar-refractivity contribution in [2.45, 2.75) is 57.5 Å². The van der Waals surface area contributed by atoms with E-state index in [2.05, 4.69) is 6.92 Å². The molecular formula is C16H30N2O2. The highest BCUT2D eigenvalue weighted by molar-refractivity contribution is 5.86. The molecule has 1 aliphatic heterocycles. The molecule has 2 rings (SSSR count). The van der Waals surface area contributed by atoms with Gasteiger partial charge in [-0.25, -0.2) is 0 Å². The van der Waals surface area contributed by atoms with Gasteiger partial charge in [-0.2, -0.15) is 0 Å². The van der Waals surface area contributed by atoms with Crippen molar-refractivity contribution in [1.82, 2.24) is 9.80 Å². The molecule has 1 saturated heterocycles. The van der Waals surface area contributed by atoms with E-state index in [1.165, 1.54) is 32.1 Å². The van der Waals surface area contributed by atoms with Gasteiger partial charge in [0.2, 0.25) is 0 Å². The normalized spacial score (nSPS) is 29.2. The van der Waals surface area contributed by atoms with Crippen LogP contribution in [0.3, 0.4) is 0 Å². The lowest BCUT2D eigenvalue weighted by Crippen LogP contribution is -2.58. The fourth-order valence-corrected chi connectivity index (χ4v) is 3.63. The van der Waals surface area contributed by atoms with Gasteiger partial charge in [0.15, 0.2) is 5.60 Å². The molecule has 0 aromatic carbocycles. The van der Waals surface area contributed by atoms with Crippen LogP contribution in [-0.2, 0) is 4.79 Å². The number of aliphatic hydroxyl groups is 1. The van der Waals surface area contributed by atoms with Crippen LogP contribution in [0, 0.1) is 5.92 Å². The molecule has 0 radical (unpaired) electrons. The lowest BCUT2D eigenvalue weighted by molar-refractivity contribution is -0.160. The molecule has 1 saturated carbocycles. The Labute approximate surface area is 123 Å². The SMILES string of the molecule is CCN(C)CC1(O)CCCN(CC2CCCCC2)C1=O. The molecule has 4 heteroatoms. The van der Waals surface area contributed by atoms with Gasteiger partial charge in [0.05, 0.1) is 0 Å². The first-order valence-electron chi connectivity index (χ1n) is 8.25. The number of carbonyl (C=O) groups excluding carboxylic acids is 1. The summed E-state index contributed by atoms with van der Waals surface area (Å²) < 4.78 is 0. The molecule has 4 nitrogen and oxygen atoms in total. The van der Waals surface area contributed by atoms with Crippen molar-refractivity contribution in [2.75, 3.05) is 33.2 Å². The minimum absolute atomic E-state index is 0.0328. The van der Waals surface area contributed by atoms with Gasteiger partial charge < -0.3 is 14.9 Å². The van der Waals surface area contributed by atoms with Crippen LogP contribution in [-0.4, -0.2) is 59.6 Å². The Morgan fingerprint density at radius 3 is 2.65 bits per heavy atom. The second-order valence-corrected chi connectivity index (χ2v) is 6.72. The summed E-state index contributed by atoms with van der Waals surface area (Å²) in [5.41, 5.74) is -1.16. The molecule has 1 amide bonds. The topological polar surface area (TPSA) is 43.8 Å². The number of nitrogens with zero attached hydrogens (tertiary/aromatic N) is 2. The molecule has 1 heterocycles. The molecule has 2 fully saturated rings. The van der Waals surface area contributed by atoms with Crippen LogP contribution in [0.15, 0.2) is 0 Å². The quantitative estimate of drug-likeness (QED) is 0.837. The highest BCUT2D eigenvalue weighted by Crippen LogP contribution is 2.28. The third kappa shape index (κ3) is 3.73. The summed E-state index contributed by atoms with van der Waals surface area (Å²) in [5.74, 6) is 0.619. The summed E-state index contributed by atoms with van der Waals surface area (Å²) in [5, 5.41) is 10.7. The van der Waals surface area contributed by atoms with Crippen LogP contribution in [0.25, 0.3) is 0 Å². The zero-order valence-electron chi connectivity index (χ0n) is 13.1. The van der Waals surface area contributed by atoms with Gasteiger partial charge in [-0.05, 0) is 45.2 Å². The molecule has 1 atom stereocenters. The first-order chi connectivity index (χ1) is 9.55. The number of amides is 1. The molecular weight excluding hydrogens is 252 g/mol. The van der Waals surface area contributed by atoms with Gasteiger partial charge in [-0.3, -0.25) is 4.79 Å². The first-order valence-corrected chi connectivity index (χ1v) is 8.25. The molecule has 0 aromatic heterocycles. The van der Waals surface area contributed by atoms with E-state index >= 15 is 0 Å². The largest absolute Gasteiger partial charge is 0.379 e. The van der Waals surface area contributed by atoms with Crippen LogP contribution in [0.2, 0.25) is 0 Å². The van der Waals surface area contributed by atoms with E-state index in [4.69, 9.17) is 0 Å². The zero-order chi connectivity index (χ0) is 14.6. The highest BCUT2D eigenvalue weighted by Gasteiger charge is 2.43. The second-order valence-electron chi connectivity index (χ2n) is 6.72. The number of carbonyl (C=O) groups is 1. The van der Waals surface area contributed by atoms with Crippen LogP contribution >= 0.6 is 0 Å². The van der Waals surface area contributed by atoms with Crippen LogP contribution < -0.4 is 0 Å². The Morgan fingerprint density at radius 2 is 2.00 bits per heavy atom. The molecule has 2 aliphatic rings. The summed E-state index contributed by atoms with van der Waals surface area (Å²) >= 11 is 0. The maximum Gasteiger partial charge on any atom is 0.255 e. The number of hydrogen-bond acceptors (Lipinski definition) is 3. The van der Waals surface area contributed by atoms with Crippen LogP contribution in [0.1, 0.15) is 51.9 Å². The number of hydrogen-bond donors (Lipinski definition) is 1. The molecule has 20 heavy (non-hydrogen) atoms. The molecule has 0 aromatic rings. The van der Waals surface area contributed by atoms with Crippen molar-refractivity contribution < 1.29 is 9.90 Å². The molecule has 1 N–H and O–H groups in total. The molecule has 116 valence electrons. The van der Waals surface area contributed by atoms with E-state index in [-0.39, 0.29) is 5.91 Å². The van der Waals surface area contributed by atoms with Crippen LogP contribution in [0.5, 0.6) is 0 Å². The van der Waals surface area contributed by atoms with Gasteiger partial charge in [0.25, 0.3) is 5.91 Å². The van der Waals surface area contributed by atoms with Crippen molar-refractivity contribution in [3.05, 3.63) is 0 Å². The summed E-state index contributed by atoms with van der Waals surface area (Å²) in [6, 6.07) is 0. The van der Waals surface area contributed by atoms with Gasteiger partial charge in [-0.15, -0.1) is 0 Å². The standard InChI is InChI=1S/C16H30N2O2/c1-3-17(2)13-16(20)10-7-11-18(15(16)19)12-14-8-5-4-6-9-14/h14,20H,3-13H2,1-2H3. The van der Waals surface area contributed by atoms with Crippen molar-refractivity contribution in [2.24, 2.45) is 5.92 Å². The van der Waals surface area contributed by atoms with E-state index in [0.29, 0.717) is 18.9 Å². The fourth-order valence-electron chi connectivity index (χ4n) is 3.63. The number of likely N-dealkylation sites (tertiary alicyclic amines) is 1. The number of rotatable bonds is 5. The molecule has 1 aliphatic carbocycles. The minimum atomic E-state index is -1.16. The van der Waals surface area contributed by atoms with Gasteiger partial charge >= 0.3 is 0 Å². The number of piperidine rings is 1. The predicted molar refractivity (Wildman–Crippen MR) is 80.5 cm³/mol. The van der Waals surface area contributed by atoms with Gasteiger partial charge in [0, 0.05) is 19.6 Å². The number of likely N-dealkylation sites (N-methyl/N-ethyl adjacent to an activating group) is 1. The summed E-state index contributed by atoms with van der Waals surface area (Å²) in [7, 11) is 1.96. The lowest BCUT2D eigenvalue weighted by Gasteiger charge is -2.41. The lowest BCUT2D eigenvalue weighted by atomic mass is 9.86. The average Bonchev–Trinajstić information content (AvgIpc) is 2.45. The zero-order valence-corrected chi connectivity index (χ0v) is 13.1. The van der Waals surface area contributed by atoms with E-state index in [9.17, 15) is 9.90 Å². The van der Waals surface area contributed by atoms with Crippen molar-refractivity contribution in [1.29, 1.82) is 0 Å². The van der Waals surface area contributed by atoms with Crippen molar-refractivity contribution in [3.63, 3.8) is 0 Å². The predicted octanol–water partition coefficient (Wildman–Crippen LogP) is 1.87. The molecule has 1 unspecified atom stereocenters. The van der Waals surface area contributed by atoms with Gasteiger partial charge in [-0.1, -0.05) is 26.2 Å². The van der Waals surface area contributed by atoms with E-state index in [1.54, 1.807) is 0 Å². The maximum atomic E-state index is 12.6. The monoisotopic (exact) mass is 282 g/mol. The third-order valence-electron chi connectivity index (χ3n) is 4.98. The van der Waals surface area contributed by atoms with E-state index < -0.39 is 5.60 Å². The summed E-state index contributed by atoms with van der Waals surface area (Å²) in [6.45, 7) is 5.06. The van der Waals surface area contributed by atoms with Gasteiger partial charge in [0.1, 0.15) is 0 Å². The summed E-state index contributed by atoms with van der Waals surface area (Å²) in [4.78, 5) is 16.6. The Balaban J connectivity index is 1.94. The van der Waals surface area contributed by atoms with Crippen LogP contribution in [0.4, 0.5) is 0 Å². The van der Waals surface area contributed by atoms with Crippen molar-refractivity contribution >= 4 is 5.91 Å². The fraction of sp³-hybridized carbons (Fsp3) is 0.938. The highest BCUT2D eigenvalue weighted by atomic mass is 16.3. The third-order valence-corrected chi connectivity index (χ3v) is 4.98. The van der Waals surface area contributed by atoms with Crippen molar-refractivity contribution in [3.8, 4) is 0 Å². The maximum absolute atomic E-state index is 12.6. The molecule has 0 bridgehead atoms. The second kappa shape index (κ2) is 6.90. The average molecular weight is 282 g/mol. The van der Waals surface area contributed by atoms with E-state index in [0.717, 1.165) is 26.1 Å². The Kier molecular flexibility index (Phi) is 5.44. The molecule has 0 spiro atoms. The summed E-state index contributed by atoms with van der Waals surface area (Å²) in [6.07, 6.45) is 7.97. The Morgan fingerprint density at radius 1 is 1.30 bits per heavy atom. The minimum Gasteiger partial charge on any atom is -0.379 e. The smallest absolute Gasteiger partial charge is 0.255 e. The Bertz CT molecular complexity index is 328. The Hall–Kier alpha value is -0.610. The first kappa shape index (κ1) is 15.8.